The standard InChI is InChI=1S/C27H28ClN5O4/c1-18-19(2)25(8-6-22(18)16-29-30-27(35)21-7-9-26(34)24(28)15-21)32-12-10-31(11-13-32)17-20-4-3-5-23(14-20)33(36)37/h3-9,14-16,34H,10-13,17H2,1-2H3,(H,30,35). The zero-order valence-corrected chi connectivity index (χ0v) is 21.4. The molecule has 0 unspecified atom stereocenters. The van der Waals surface area contributed by atoms with E-state index in [2.05, 4.69) is 33.3 Å². The van der Waals surface area contributed by atoms with Crippen LogP contribution in [0.5, 0.6) is 5.75 Å². The van der Waals surface area contributed by atoms with Gasteiger partial charge in [0.1, 0.15) is 5.75 Å². The monoisotopic (exact) mass is 521 g/mol. The molecule has 192 valence electrons. The number of nitrogens with zero attached hydrogens (tertiary/aromatic N) is 4. The second kappa shape index (κ2) is 11.4. The number of benzene rings is 3. The smallest absolute Gasteiger partial charge is 0.271 e. The molecule has 1 saturated heterocycles. The molecule has 0 spiro atoms. The Labute approximate surface area is 220 Å². The number of hydrogen-bond acceptors (Lipinski definition) is 7. The molecule has 1 aliphatic rings. The molecule has 3 aromatic rings. The van der Waals surface area contributed by atoms with Crippen molar-refractivity contribution in [3.8, 4) is 5.75 Å². The minimum atomic E-state index is -0.424. The number of hydrogen-bond donors (Lipinski definition) is 2. The average molecular weight is 522 g/mol. The van der Waals surface area contributed by atoms with E-state index < -0.39 is 5.91 Å². The molecule has 1 aliphatic heterocycles. The molecule has 3 aromatic carbocycles. The fraction of sp³-hybridized carbons (Fsp3) is 0.259. The van der Waals surface area contributed by atoms with E-state index in [0.29, 0.717) is 12.1 Å². The van der Waals surface area contributed by atoms with Crippen molar-refractivity contribution in [2.75, 3.05) is 31.1 Å². The predicted molar refractivity (Wildman–Crippen MR) is 145 cm³/mol. The van der Waals surface area contributed by atoms with Crippen LogP contribution in [-0.2, 0) is 6.54 Å². The van der Waals surface area contributed by atoms with E-state index in [9.17, 15) is 20.0 Å². The maximum atomic E-state index is 12.3. The van der Waals surface area contributed by atoms with E-state index in [1.165, 1.54) is 24.3 Å². The summed E-state index contributed by atoms with van der Waals surface area (Å²) in [5.41, 5.74) is 8.13. The number of nitro groups is 1. The first-order valence-corrected chi connectivity index (χ1v) is 12.2. The highest BCUT2D eigenvalue weighted by Gasteiger charge is 2.20. The highest BCUT2D eigenvalue weighted by molar-refractivity contribution is 6.32. The Morgan fingerprint density at radius 2 is 1.86 bits per heavy atom. The molecule has 0 radical (unpaired) electrons. The third-order valence-electron chi connectivity index (χ3n) is 6.62. The van der Waals surface area contributed by atoms with Crippen LogP contribution in [0.25, 0.3) is 0 Å². The number of carbonyl (C=O) groups is 1. The lowest BCUT2D eigenvalue weighted by atomic mass is 10.0. The highest BCUT2D eigenvalue weighted by Crippen LogP contribution is 2.27. The number of nitrogens with one attached hydrogen (secondary N) is 1. The summed E-state index contributed by atoms with van der Waals surface area (Å²) < 4.78 is 0. The van der Waals surface area contributed by atoms with E-state index in [4.69, 9.17) is 11.6 Å². The molecule has 0 bridgehead atoms. The molecule has 1 heterocycles. The number of aromatic hydroxyl groups is 1. The summed E-state index contributed by atoms with van der Waals surface area (Å²) >= 11 is 5.87. The number of phenols is 1. The topological polar surface area (TPSA) is 111 Å². The van der Waals surface area contributed by atoms with Crippen LogP contribution in [0, 0.1) is 24.0 Å². The van der Waals surface area contributed by atoms with Gasteiger partial charge in [-0.3, -0.25) is 19.8 Å². The van der Waals surface area contributed by atoms with Gasteiger partial charge in [-0.2, -0.15) is 5.10 Å². The summed E-state index contributed by atoms with van der Waals surface area (Å²) in [7, 11) is 0. The number of phenolic OH excluding ortho intramolecular Hbond substituents is 1. The van der Waals surface area contributed by atoms with Crippen LogP contribution in [0.2, 0.25) is 5.02 Å². The molecule has 37 heavy (non-hydrogen) atoms. The second-order valence-electron chi connectivity index (χ2n) is 8.98. The van der Waals surface area contributed by atoms with Gasteiger partial charge < -0.3 is 10.0 Å². The molecule has 4 rings (SSSR count). The van der Waals surface area contributed by atoms with E-state index in [1.807, 2.05) is 19.1 Å². The van der Waals surface area contributed by atoms with Crippen molar-refractivity contribution in [1.82, 2.24) is 10.3 Å². The second-order valence-corrected chi connectivity index (χ2v) is 9.39. The first-order chi connectivity index (χ1) is 17.7. The van der Waals surface area contributed by atoms with Crippen LogP contribution in [0.3, 0.4) is 0 Å². The normalized spacial score (nSPS) is 14.2. The van der Waals surface area contributed by atoms with Crippen molar-refractivity contribution in [1.29, 1.82) is 0 Å². The molecule has 10 heteroatoms. The summed E-state index contributed by atoms with van der Waals surface area (Å²) in [6, 6.07) is 15.1. The summed E-state index contributed by atoms with van der Waals surface area (Å²) in [4.78, 5) is 27.6. The van der Waals surface area contributed by atoms with Crippen molar-refractivity contribution >= 4 is 35.1 Å². The van der Waals surface area contributed by atoms with E-state index >= 15 is 0 Å². The highest BCUT2D eigenvalue weighted by atomic mass is 35.5. The average Bonchev–Trinajstić information content (AvgIpc) is 2.89. The predicted octanol–water partition coefficient (Wildman–Crippen LogP) is 4.66. The molecule has 0 saturated carbocycles. The summed E-state index contributed by atoms with van der Waals surface area (Å²) in [6.45, 7) is 8.22. The lowest BCUT2D eigenvalue weighted by molar-refractivity contribution is -0.384. The molecule has 0 aliphatic carbocycles. The Kier molecular flexibility index (Phi) is 8.05. The molecule has 9 nitrogen and oxygen atoms in total. The maximum absolute atomic E-state index is 12.3. The first-order valence-electron chi connectivity index (χ1n) is 11.9. The van der Waals surface area contributed by atoms with Gasteiger partial charge in [-0.05, 0) is 60.4 Å². The summed E-state index contributed by atoms with van der Waals surface area (Å²) in [5.74, 6) is -0.510. The van der Waals surface area contributed by atoms with Gasteiger partial charge in [0.25, 0.3) is 11.6 Å². The lowest BCUT2D eigenvalue weighted by Gasteiger charge is -2.37. The van der Waals surface area contributed by atoms with Gasteiger partial charge in [-0.25, -0.2) is 5.43 Å². The Morgan fingerprint density at radius 3 is 2.57 bits per heavy atom. The summed E-state index contributed by atoms with van der Waals surface area (Å²) in [5, 5.41) is 24.7. The third-order valence-corrected chi connectivity index (χ3v) is 6.92. The number of non-ortho nitro benzene ring substituents is 1. The van der Waals surface area contributed by atoms with Gasteiger partial charge in [0.2, 0.25) is 0 Å². The molecule has 1 fully saturated rings. The van der Waals surface area contributed by atoms with Gasteiger partial charge in [-0.15, -0.1) is 0 Å². The minimum Gasteiger partial charge on any atom is -0.506 e. The fourth-order valence-electron chi connectivity index (χ4n) is 4.36. The van der Waals surface area contributed by atoms with Crippen molar-refractivity contribution in [2.45, 2.75) is 20.4 Å². The Hall–Kier alpha value is -3.95. The van der Waals surface area contributed by atoms with Gasteiger partial charge >= 0.3 is 0 Å². The van der Waals surface area contributed by atoms with Crippen molar-refractivity contribution in [3.63, 3.8) is 0 Å². The molecule has 2 N–H and O–H groups in total. The summed E-state index contributed by atoms with van der Waals surface area (Å²) in [6.07, 6.45) is 1.61. The van der Waals surface area contributed by atoms with Crippen molar-refractivity contribution in [3.05, 3.63) is 97.6 Å². The van der Waals surface area contributed by atoms with Crippen LogP contribution >= 0.6 is 11.6 Å². The van der Waals surface area contributed by atoms with Gasteiger partial charge in [0.15, 0.2) is 0 Å². The van der Waals surface area contributed by atoms with E-state index in [-0.39, 0.29) is 21.4 Å². The molecule has 0 atom stereocenters. The first kappa shape index (κ1) is 26.1. The number of carbonyl (C=O) groups excluding carboxylic acids is 1. The zero-order valence-electron chi connectivity index (χ0n) is 20.6. The number of halogens is 1. The third kappa shape index (κ3) is 6.25. The van der Waals surface area contributed by atoms with Crippen LogP contribution < -0.4 is 10.3 Å². The van der Waals surface area contributed by atoms with E-state index in [0.717, 1.165) is 54.1 Å². The Morgan fingerprint density at radius 1 is 1.11 bits per heavy atom. The fourth-order valence-corrected chi connectivity index (χ4v) is 4.54. The Balaban J connectivity index is 1.35. The molecule has 0 aromatic heterocycles. The number of nitro benzene ring substituents is 1. The largest absolute Gasteiger partial charge is 0.506 e. The van der Waals surface area contributed by atoms with Crippen molar-refractivity contribution in [2.24, 2.45) is 5.10 Å². The molecular weight excluding hydrogens is 494 g/mol. The van der Waals surface area contributed by atoms with Gasteiger partial charge in [0, 0.05) is 56.1 Å². The minimum absolute atomic E-state index is 0.0863. The SMILES string of the molecule is Cc1c(C=NNC(=O)c2ccc(O)c(Cl)c2)ccc(N2CCN(Cc3cccc([N+](=O)[O-])c3)CC2)c1C. The number of piperazine rings is 1. The molecular formula is C27H28ClN5O4. The maximum Gasteiger partial charge on any atom is 0.271 e. The lowest BCUT2D eigenvalue weighted by Crippen LogP contribution is -2.46. The number of rotatable bonds is 7. The quantitative estimate of drug-likeness (QED) is 0.266. The number of amides is 1. The van der Waals surface area contributed by atoms with Crippen molar-refractivity contribution < 1.29 is 14.8 Å². The van der Waals surface area contributed by atoms with Crippen LogP contribution in [0.4, 0.5) is 11.4 Å². The molecule has 1 amide bonds. The zero-order chi connectivity index (χ0) is 26.5. The van der Waals surface area contributed by atoms with E-state index in [1.54, 1.807) is 18.3 Å². The van der Waals surface area contributed by atoms with Gasteiger partial charge in [-0.1, -0.05) is 29.8 Å². The van der Waals surface area contributed by atoms with Gasteiger partial charge in [0.05, 0.1) is 16.2 Å². The van der Waals surface area contributed by atoms with Crippen LogP contribution in [0.15, 0.2) is 59.7 Å². The van der Waals surface area contributed by atoms with Crippen LogP contribution in [-0.4, -0.2) is 53.2 Å². The number of anilines is 1. The number of hydrazone groups is 1. The Bertz CT molecular complexity index is 1350. The van der Waals surface area contributed by atoms with Crippen LogP contribution in [0.1, 0.15) is 32.6 Å².